The molecule has 1 N–H and O–H groups in total. The molecule has 0 radical (unpaired) electrons. The summed E-state index contributed by atoms with van der Waals surface area (Å²) in [4.78, 5) is 32.2. The largest absolute Gasteiger partial charge is 0.456 e. The standard InChI is InChI=1S/C14H7F7N4O5/c1-4(26)30-3-6(27)23-13-5(25(28)29)2-22-24(13)12-10(17)8(15)7(14(19,20)21)9(16)11(12)18/h2H,3H2,1H3,(H,23,27). The molecule has 2 rings (SSSR count). The average molecular weight is 444 g/mol. The first kappa shape index (κ1) is 22.6. The van der Waals surface area contributed by atoms with Gasteiger partial charge in [0.05, 0.1) is 4.92 Å². The number of ether oxygens (including phenoxy) is 1. The van der Waals surface area contributed by atoms with Crippen LogP contribution in [0.15, 0.2) is 6.20 Å². The van der Waals surface area contributed by atoms with Crippen LogP contribution in [0.4, 0.5) is 42.2 Å². The van der Waals surface area contributed by atoms with Crippen molar-refractivity contribution in [1.29, 1.82) is 0 Å². The van der Waals surface area contributed by atoms with E-state index in [0.29, 0.717) is 6.20 Å². The third-order valence-electron chi connectivity index (χ3n) is 3.35. The van der Waals surface area contributed by atoms with E-state index in [1.807, 2.05) is 0 Å². The number of nitrogens with one attached hydrogen (secondary N) is 1. The molecule has 9 nitrogen and oxygen atoms in total. The number of hydrogen-bond acceptors (Lipinski definition) is 6. The molecule has 16 heteroatoms. The smallest absolute Gasteiger partial charge is 0.422 e. The van der Waals surface area contributed by atoms with E-state index in [2.05, 4.69) is 9.84 Å². The topological polar surface area (TPSA) is 116 Å². The number of hydrogen-bond donors (Lipinski definition) is 1. The van der Waals surface area contributed by atoms with Crippen molar-refractivity contribution in [3.05, 3.63) is 45.1 Å². The molecule has 0 aliphatic carbocycles. The molecule has 0 spiro atoms. The summed E-state index contributed by atoms with van der Waals surface area (Å²) in [7, 11) is 0. The highest BCUT2D eigenvalue weighted by Crippen LogP contribution is 2.39. The van der Waals surface area contributed by atoms with Crippen molar-refractivity contribution in [3.8, 4) is 5.69 Å². The van der Waals surface area contributed by atoms with Gasteiger partial charge in [-0.25, -0.2) is 22.2 Å². The second kappa shape index (κ2) is 7.96. The average Bonchev–Trinajstić information content (AvgIpc) is 3.01. The molecular formula is C14H7F7N4O5. The van der Waals surface area contributed by atoms with Crippen LogP contribution in [0.3, 0.4) is 0 Å². The number of nitro groups is 1. The third kappa shape index (κ3) is 4.15. The molecule has 1 amide bonds. The molecule has 1 aromatic heterocycles. The second-order valence-corrected chi connectivity index (χ2v) is 5.35. The number of carbonyl (C=O) groups is 2. The van der Waals surface area contributed by atoms with Gasteiger partial charge in [-0.2, -0.15) is 18.3 Å². The molecule has 0 saturated heterocycles. The number of amides is 1. The van der Waals surface area contributed by atoms with E-state index in [-0.39, 0.29) is 4.68 Å². The highest BCUT2D eigenvalue weighted by atomic mass is 19.4. The van der Waals surface area contributed by atoms with Gasteiger partial charge in [0.25, 0.3) is 5.91 Å². The Balaban J connectivity index is 2.70. The SMILES string of the molecule is CC(=O)OCC(=O)Nc1c([N+](=O)[O-])cnn1-c1c(F)c(F)c(C(F)(F)F)c(F)c1F. The van der Waals surface area contributed by atoms with Crippen LogP contribution < -0.4 is 5.32 Å². The van der Waals surface area contributed by atoms with Crippen LogP contribution in [-0.2, 0) is 20.5 Å². The molecule has 0 aliphatic rings. The van der Waals surface area contributed by atoms with Gasteiger partial charge in [-0.05, 0) is 0 Å². The summed E-state index contributed by atoms with van der Waals surface area (Å²) in [6, 6.07) is 0. The van der Waals surface area contributed by atoms with Crippen molar-refractivity contribution in [3.63, 3.8) is 0 Å². The Morgan fingerprint density at radius 2 is 1.70 bits per heavy atom. The monoisotopic (exact) mass is 444 g/mol. The van der Waals surface area contributed by atoms with E-state index in [1.54, 1.807) is 5.32 Å². The summed E-state index contributed by atoms with van der Waals surface area (Å²) >= 11 is 0. The summed E-state index contributed by atoms with van der Waals surface area (Å²) in [5.41, 5.74) is -5.93. The van der Waals surface area contributed by atoms with E-state index in [4.69, 9.17) is 0 Å². The van der Waals surface area contributed by atoms with Crippen LogP contribution in [0, 0.1) is 33.4 Å². The van der Waals surface area contributed by atoms with Crippen molar-refractivity contribution in [1.82, 2.24) is 9.78 Å². The first-order valence-electron chi connectivity index (χ1n) is 7.36. The Kier molecular flexibility index (Phi) is 5.99. The first-order valence-corrected chi connectivity index (χ1v) is 7.36. The van der Waals surface area contributed by atoms with Crippen molar-refractivity contribution in [2.24, 2.45) is 0 Å². The lowest BCUT2D eigenvalue weighted by atomic mass is 10.1. The molecule has 1 aromatic carbocycles. The molecule has 30 heavy (non-hydrogen) atoms. The van der Waals surface area contributed by atoms with Crippen LogP contribution in [0.25, 0.3) is 5.69 Å². The third-order valence-corrected chi connectivity index (χ3v) is 3.35. The van der Waals surface area contributed by atoms with Crippen molar-refractivity contribution in [2.75, 3.05) is 11.9 Å². The van der Waals surface area contributed by atoms with Gasteiger partial charge in [0.15, 0.2) is 29.9 Å². The lowest BCUT2D eigenvalue weighted by Crippen LogP contribution is -2.23. The molecule has 0 aliphatic heterocycles. The predicted octanol–water partition coefficient (Wildman–Crippen LogP) is 2.86. The number of halogens is 7. The quantitative estimate of drug-likeness (QED) is 0.249. The zero-order valence-corrected chi connectivity index (χ0v) is 14.3. The fourth-order valence-electron chi connectivity index (χ4n) is 2.15. The zero-order chi connectivity index (χ0) is 23.0. The van der Waals surface area contributed by atoms with Crippen LogP contribution in [0.1, 0.15) is 12.5 Å². The van der Waals surface area contributed by atoms with E-state index in [9.17, 15) is 50.4 Å². The fourth-order valence-corrected chi connectivity index (χ4v) is 2.15. The Bertz CT molecular complexity index is 1020. The lowest BCUT2D eigenvalue weighted by Gasteiger charge is -2.15. The minimum absolute atomic E-state index is 0.221. The molecule has 1 heterocycles. The summed E-state index contributed by atoms with van der Waals surface area (Å²) in [6.07, 6.45) is -5.51. The number of carbonyl (C=O) groups excluding carboxylic acids is 2. The van der Waals surface area contributed by atoms with Crippen LogP contribution in [0.5, 0.6) is 0 Å². The Morgan fingerprint density at radius 3 is 2.13 bits per heavy atom. The van der Waals surface area contributed by atoms with Gasteiger partial charge in [-0.15, -0.1) is 0 Å². The lowest BCUT2D eigenvalue weighted by molar-refractivity contribution is -0.384. The maximum atomic E-state index is 14.2. The van der Waals surface area contributed by atoms with E-state index in [1.165, 1.54) is 0 Å². The second-order valence-electron chi connectivity index (χ2n) is 5.35. The number of esters is 1. The predicted molar refractivity (Wildman–Crippen MR) is 80.3 cm³/mol. The number of benzene rings is 1. The van der Waals surface area contributed by atoms with E-state index >= 15 is 0 Å². The molecule has 0 bridgehead atoms. The van der Waals surface area contributed by atoms with Gasteiger partial charge in [0, 0.05) is 6.92 Å². The summed E-state index contributed by atoms with van der Waals surface area (Å²) in [5.74, 6) is -14.3. The maximum absolute atomic E-state index is 14.2. The normalized spacial score (nSPS) is 11.3. The van der Waals surface area contributed by atoms with Gasteiger partial charge in [0.2, 0.25) is 5.82 Å². The number of aromatic nitrogens is 2. The Labute approximate surface area is 160 Å². The summed E-state index contributed by atoms with van der Waals surface area (Å²) in [6.45, 7) is -0.128. The molecule has 2 aromatic rings. The molecule has 0 unspecified atom stereocenters. The maximum Gasteiger partial charge on any atom is 0.422 e. The van der Waals surface area contributed by atoms with Crippen LogP contribution in [0.2, 0.25) is 0 Å². The first-order chi connectivity index (χ1) is 13.8. The number of alkyl halides is 3. The van der Waals surface area contributed by atoms with Gasteiger partial charge < -0.3 is 10.1 Å². The minimum atomic E-state index is -5.81. The number of anilines is 1. The van der Waals surface area contributed by atoms with Crippen LogP contribution >= 0.6 is 0 Å². The highest BCUT2D eigenvalue weighted by Gasteiger charge is 2.43. The van der Waals surface area contributed by atoms with Crippen molar-refractivity contribution >= 4 is 23.4 Å². The molecular weight excluding hydrogens is 437 g/mol. The fraction of sp³-hybridized carbons (Fsp3) is 0.214. The molecule has 0 saturated carbocycles. The number of rotatable bonds is 5. The van der Waals surface area contributed by atoms with Gasteiger partial charge in [0.1, 0.15) is 17.4 Å². The van der Waals surface area contributed by atoms with E-state index < -0.39 is 75.6 Å². The van der Waals surface area contributed by atoms with Gasteiger partial charge in [-0.3, -0.25) is 19.7 Å². The number of nitrogens with zero attached hydrogens (tertiary/aromatic N) is 3. The molecule has 0 fully saturated rings. The Morgan fingerprint density at radius 1 is 1.17 bits per heavy atom. The summed E-state index contributed by atoms with van der Waals surface area (Å²) in [5, 5.41) is 15.8. The Hall–Kier alpha value is -3.72. The molecule has 0 atom stereocenters. The van der Waals surface area contributed by atoms with Gasteiger partial charge in [-0.1, -0.05) is 0 Å². The van der Waals surface area contributed by atoms with E-state index in [0.717, 1.165) is 6.92 Å². The zero-order valence-electron chi connectivity index (χ0n) is 14.3. The van der Waals surface area contributed by atoms with Crippen molar-refractivity contribution < 1.29 is 50.0 Å². The molecule has 162 valence electrons. The van der Waals surface area contributed by atoms with Gasteiger partial charge >= 0.3 is 17.8 Å². The minimum Gasteiger partial charge on any atom is -0.456 e. The highest BCUT2D eigenvalue weighted by molar-refractivity contribution is 5.94. The van der Waals surface area contributed by atoms with Crippen molar-refractivity contribution in [2.45, 2.75) is 13.1 Å². The summed E-state index contributed by atoms with van der Waals surface area (Å²) < 4.78 is 98.2. The van der Waals surface area contributed by atoms with Crippen LogP contribution in [-0.4, -0.2) is 33.2 Å².